The molecule has 0 amide bonds. The van der Waals surface area contributed by atoms with Gasteiger partial charge in [0.1, 0.15) is 17.0 Å². The van der Waals surface area contributed by atoms with Crippen LogP contribution in [0.5, 0.6) is 0 Å². The summed E-state index contributed by atoms with van der Waals surface area (Å²) in [5.41, 5.74) is 9.09. The first-order valence-corrected chi connectivity index (χ1v) is 9.09. The molecule has 0 aliphatic carbocycles. The molecule has 3 aromatic rings. The molecule has 138 valence electrons. The van der Waals surface area contributed by atoms with Gasteiger partial charge in [-0.1, -0.05) is 41.6 Å². The molecule has 0 saturated carbocycles. The highest BCUT2D eigenvalue weighted by Crippen LogP contribution is 2.37. The Labute approximate surface area is 162 Å². The van der Waals surface area contributed by atoms with E-state index in [1.807, 2.05) is 43.3 Å². The SMILES string of the molecule is COC(=O)c1ccccc1N(C)c1ncnc(Sc2ccc(C)cc2)c1N. The number of aryl methyl sites for hydroxylation is 1. The average Bonchev–Trinajstić information content (AvgIpc) is 2.70. The summed E-state index contributed by atoms with van der Waals surface area (Å²) in [6.45, 7) is 2.04. The first kappa shape index (κ1) is 18.7. The van der Waals surface area contributed by atoms with Crippen LogP contribution in [0, 0.1) is 6.92 Å². The van der Waals surface area contributed by atoms with Gasteiger partial charge >= 0.3 is 5.97 Å². The minimum atomic E-state index is -0.417. The molecule has 0 unspecified atom stereocenters. The number of carbonyl (C=O) groups excluding carboxylic acids is 1. The summed E-state index contributed by atoms with van der Waals surface area (Å²) >= 11 is 1.47. The van der Waals surface area contributed by atoms with Crippen molar-refractivity contribution in [2.45, 2.75) is 16.8 Å². The first-order valence-electron chi connectivity index (χ1n) is 8.27. The van der Waals surface area contributed by atoms with Crippen LogP contribution in [-0.4, -0.2) is 30.1 Å². The van der Waals surface area contributed by atoms with Gasteiger partial charge in [-0.25, -0.2) is 14.8 Å². The molecule has 0 aliphatic heterocycles. The topological polar surface area (TPSA) is 81.3 Å². The monoisotopic (exact) mass is 380 g/mol. The number of carbonyl (C=O) groups is 1. The summed E-state index contributed by atoms with van der Waals surface area (Å²) in [6, 6.07) is 15.3. The minimum Gasteiger partial charge on any atom is -0.465 e. The second-order valence-electron chi connectivity index (χ2n) is 5.90. The zero-order chi connectivity index (χ0) is 19.4. The van der Waals surface area contributed by atoms with E-state index >= 15 is 0 Å². The minimum absolute atomic E-state index is 0.417. The number of nitrogen functional groups attached to an aromatic ring is 1. The third-order valence-electron chi connectivity index (χ3n) is 4.05. The second kappa shape index (κ2) is 8.09. The normalized spacial score (nSPS) is 10.5. The number of para-hydroxylation sites is 1. The van der Waals surface area contributed by atoms with E-state index in [1.54, 1.807) is 24.1 Å². The van der Waals surface area contributed by atoms with Crippen molar-refractivity contribution < 1.29 is 9.53 Å². The average molecular weight is 380 g/mol. The predicted octanol–water partition coefficient (Wildman–Crippen LogP) is 4.07. The number of rotatable bonds is 5. The molecule has 0 fully saturated rings. The Kier molecular flexibility index (Phi) is 5.61. The van der Waals surface area contributed by atoms with Gasteiger partial charge < -0.3 is 15.4 Å². The predicted molar refractivity (Wildman–Crippen MR) is 108 cm³/mol. The van der Waals surface area contributed by atoms with Crippen molar-refractivity contribution in [2.24, 2.45) is 0 Å². The third-order valence-corrected chi connectivity index (χ3v) is 5.08. The highest BCUT2D eigenvalue weighted by Gasteiger charge is 2.19. The Balaban J connectivity index is 1.96. The van der Waals surface area contributed by atoms with Crippen molar-refractivity contribution in [1.29, 1.82) is 0 Å². The summed E-state index contributed by atoms with van der Waals surface area (Å²) < 4.78 is 4.87. The van der Waals surface area contributed by atoms with Crippen LogP contribution in [0.3, 0.4) is 0 Å². The number of ether oxygens (including phenoxy) is 1. The summed E-state index contributed by atoms with van der Waals surface area (Å²) in [5.74, 6) is 0.107. The molecule has 0 saturated heterocycles. The van der Waals surface area contributed by atoms with E-state index < -0.39 is 5.97 Å². The summed E-state index contributed by atoms with van der Waals surface area (Å²) in [7, 11) is 3.16. The van der Waals surface area contributed by atoms with Gasteiger partial charge in [0.2, 0.25) is 0 Å². The molecule has 0 radical (unpaired) electrons. The summed E-state index contributed by atoms with van der Waals surface area (Å²) in [4.78, 5) is 23.5. The van der Waals surface area contributed by atoms with Crippen molar-refractivity contribution in [1.82, 2.24) is 9.97 Å². The van der Waals surface area contributed by atoms with Gasteiger partial charge in [0.15, 0.2) is 5.82 Å². The number of esters is 1. The highest BCUT2D eigenvalue weighted by molar-refractivity contribution is 7.99. The fourth-order valence-corrected chi connectivity index (χ4v) is 3.40. The third kappa shape index (κ3) is 4.03. The van der Waals surface area contributed by atoms with Crippen LogP contribution in [0.15, 0.2) is 64.8 Å². The van der Waals surface area contributed by atoms with Gasteiger partial charge in [-0.2, -0.15) is 0 Å². The first-order chi connectivity index (χ1) is 13.0. The van der Waals surface area contributed by atoms with Gasteiger partial charge in [-0.3, -0.25) is 0 Å². The number of hydrogen-bond donors (Lipinski definition) is 1. The number of anilines is 3. The maximum absolute atomic E-state index is 12.1. The van der Waals surface area contributed by atoms with Gasteiger partial charge in [0, 0.05) is 11.9 Å². The Morgan fingerprint density at radius 3 is 2.52 bits per heavy atom. The molecule has 2 aromatic carbocycles. The van der Waals surface area contributed by atoms with Crippen LogP contribution in [0.25, 0.3) is 0 Å². The largest absolute Gasteiger partial charge is 0.465 e. The van der Waals surface area contributed by atoms with E-state index in [-0.39, 0.29) is 0 Å². The van der Waals surface area contributed by atoms with Crippen LogP contribution in [0.4, 0.5) is 17.2 Å². The zero-order valence-corrected chi connectivity index (χ0v) is 16.2. The highest BCUT2D eigenvalue weighted by atomic mass is 32.2. The maximum atomic E-state index is 12.1. The maximum Gasteiger partial charge on any atom is 0.339 e. The van der Waals surface area contributed by atoms with Gasteiger partial charge in [-0.15, -0.1) is 0 Å². The molecule has 7 heteroatoms. The molecular formula is C20H20N4O2S. The molecule has 0 aliphatic rings. The Bertz CT molecular complexity index is 960. The molecule has 2 N–H and O–H groups in total. The van der Waals surface area contributed by atoms with Crippen LogP contribution in [-0.2, 0) is 4.74 Å². The number of benzene rings is 2. The number of nitrogens with two attached hydrogens (primary N) is 1. The van der Waals surface area contributed by atoms with E-state index in [0.717, 1.165) is 4.90 Å². The molecule has 1 heterocycles. The quantitative estimate of drug-likeness (QED) is 0.528. The number of aromatic nitrogens is 2. The molecule has 6 nitrogen and oxygen atoms in total. The van der Waals surface area contributed by atoms with Gasteiger partial charge in [-0.05, 0) is 31.2 Å². The molecule has 0 bridgehead atoms. The second-order valence-corrected chi connectivity index (χ2v) is 6.96. The zero-order valence-electron chi connectivity index (χ0n) is 15.3. The standard InChI is InChI=1S/C20H20N4O2S/c1-13-8-10-14(11-9-13)27-19-17(21)18(22-12-23-19)24(2)16-7-5-4-6-15(16)20(25)26-3/h4-12H,21H2,1-3H3. The van der Waals surface area contributed by atoms with Gasteiger partial charge in [0.25, 0.3) is 0 Å². The van der Waals surface area contributed by atoms with E-state index in [0.29, 0.717) is 27.8 Å². The lowest BCUT2D eigenvalue weighted by molar-refractivity contribution is 0.0601. The van der Waals surface area contributed by atoms with Crippen molar-refractivity contribution in [3.8, 4) is 0 Å². The molecule has 0 atom stereocenters. The van der Waals surface area contributed by atoms with Crippen molar-refractivity contribution in [2.75, 3.05) is 24.8 Å². The smallest absolute Gasteiger partial charge is 0.339 e. The summed E-state index contributed by atoms with van der Waals surface area (Å²) in [5, 5.41) is 0.659. The van der Waals surface area contributed by atoms with Crippen LogP contribution in [0.2, 0.25) is 0 Å². The Hall–Kier alpha value is -3.06. The van der Waals surface area contributed by atoms with Crippen LogP contribution >= 0.6 is 11.8 Å². The Morgan fingerprint density at radius 2 is 1.81 bits per heavy atom. The van der Waals surface area contributed by atoms with Crippen LogP contribution < -0.4 is 10.6 Å². The van der Waals surface area contributed by atoms with Crippen molar-refractivity contribution >= 4 is 34.9 Å². The van der Waals surface area contributed by atoms with Gasteiger partial charge in [0.05, 0.1) is 18.4 Å². The number of hydrogen-bond acceptors (Lipinski definition) is 7. The fourth-order valence-electron chi connectivity index (χ4n) is 2.60. The van der Waals surface area contributed by atoms with E-state index in [2.05, 4.69) is 9.97 Å². The van der Waals surface area contributed by atoms with Crippen molar-refractivity contribution in [3.05, 3.63) is 66.0 Å². The number of methoxy groups -OCH3 is 1. The fraction of sp³-hybridized carbons (Fsp3) is 0.150. The summed E-state index contributed by atoms with van der Waals surface area (Å²) in [6.07, 6.45) is 1.47. The van der Waals surface area contributed by atoms with E-state index in [4.69, 9.17) is 10.5 Å². The van der Waals surface area contributed by atoms with Crippen molar-refractivity contribution in [3.63, 3.8) is 0 Å². The molecule has 27 heavy (non-hydrogen) atoms. The van der Waals surface area contributed by atoms with E-state index in [1.165, 1.54) is 30.8 Å². The Morgan fingerprint density at radius 1 is 1.11 bits per heavy atom. The lowest BCUT2D eigenvalue weighted by Gasteiger charge is -2.22. The molecule has 3 rings (SSSR count). The molecule has 0 spiro atoms. The number of nitrogens with zero attached hydrogens (tertiary/aromatic N) is 3. The lowest BCUT2D eigenvalue weighted by Crippen LogP contribution is -2.18. The van der Waals surface area contributed by atoms with E-state index in [9.17, 15) is 4.79 Å². The lowest BCUT2D eigenvalue weighted by atomic mass is 10.1. The molecule has 1 aromatic heterocycles. The molecular weight excluding hydrogens is 360 g/mol. The van der Waals surface area contributed by atoms with Crippen LogP contribution in [0.1, 0.15) is 15.9 Å².